The average Bonchev–Trinajstić information content (AvgIpc) is 3.23. The topological polar surface area (TPSA) is 90.7 Å². The van der Waals surface area contributed by atoms with Crippen LogP contribution in [-0.4, -0.2) is 66.9 Å². The number of aromatic nitrogens is 1. The molecule has 1 saturated carbocycles. The molecule has 0 saturated heterocycles. The van der Waals surface area contributed by atoms with Crippen LogP contribution in [0.4, 0.5) is 11.5 Å². The molecule has 9 heteroatoms. The van der Waals surface area contributed by atoms with Crippen LogP contribution in [-0.2, 0) is 4.79 Å². The fraction of sp³-hybridized carbons (Fsp3) is 0.444. The number of fused-ring (bicyclic) bond motifs is 1. The van der Waals surface area contributed by atoms with Gasteiger partial charge >= 0.3 is 0 Å². The van der Waals surface area contributed by atoms with E-state index in [4.69, 9.17) is 16.0 Å². The molecule has 0 atom stereocenters. The van der Waals surface area contributed by atoms with Crippen molar-refractivity contribution in [1.82, 2.24) is 14.8 Å². The Bertz CT molecular complexity index is 1190. The molecule has 0 aliphatic heterocycles. The van der Waals surface area contributed by atoms with E-state index in [1.807, 2.05) is 18.2 Å². The summed E-state index contributed by atoms with van der Waals surface area (Å²) in [6.07, 6.45) is 6.19. The molecule has 1 aliphatic carbocycles. The summed E-state index contributed by atoms with van der Waals surface area (Å²) in [5, 5.41) is 6.90. The van der Waals surface area contributed by atoms with Gasteiger partial charge in [-0.3, -0.25) is 9.59 Å². The summed E-state index contributed by atoms with van der Waals surface area (Å²) in [5.41, 5.74) is 0.926. The summed E-state index contributed by atoms with van der Waals surface area (Å²) in [6, 6.07) is 11.0. The van der Waals surface area contributed by atoms with Crippen molar-refractivity contribution in [2.75, 3.05) is 44.9 Å². The molecule has 192 valence electrons. The molecule has 2 N–H and O–H groups in total. The number of rotatable bonds is 9. The normalized spacial score (nSPS) is 18.1. The van der Waals surface area contributed by atoms with Gasteiger partial charge < -0.3 is 24.9 Å². The van der Waals surface area contributed by atoms with Crippen LogP contribution in [0, 0.1) is 5.92 Å². The largest absolute Gasteiger partial charge is 0.449 e. The number of halogens is 1. The predicted molar refractivity (Wildman–Crippen MR) is 144 cm³/mol. The minimum absolute atomic E-state index is 0.0515. The van der Waals surface area contributed by atoms with Gasteiger partial charge in [0.15, 0.2) is 0 Å². The van der Waals surface area contributed by atoms with Gasteiger partial charge in [-0.25, -0.2) is 4.98 Å². The van der Waals surface area contributed by atoms with Crippen molar-refractivity contribution in [3.05, 3.63) is 53.4 Å². The highest BCUT2D eigenvalue weighted by molar-refractivity contribution is 6.30. The number of para-hydroxylation sites is 1. The van der Waals surface area contributed by atoms with Gasteiger partial charge in [0.05, 0.1) is 5.02 Å². The number of hydrogen-bond donors (Lipinski definition) is 2. The van der Waals surface area contributed by atoms with Gasteiger partial charge in [-0.05, 0) is 90.6 Å². The fourth-order valence-corrected chi connectivity index (χ4v) is 4.89. The zero-order valence-electron chi connectivity index (χ0n) is 21.1. The Morgan fingerprint density at radius 2 is 1.78 bits per heavy atom. The van der Waals surface area contributed by atoms with Crippen molar-refractivity contribution in [2.24, 2.45) is 5.92 Å². The third kappa shape index (κ3) is 6.43. The van der Waals surface area contributed by atoms with Crippen LogP contribution in [0.2, 0.25) is 5.02 Å². The number of nitrogens with one attached hydrogen (secondary N) is 2. The Morgan fingerprint density at radius 3 is 2.47 bits per heavy atom. The van der Waals surface area contributed by atoms with Crippen LogP contribution in [0.1, 0.15) is 42.7 Å². The second-order valence-corrected chi connectivity index (χ2v) is 10.2. The highest BCUT2D eigenvalue weighted by Gasteiger charge is 2.30. The molecule has 1 aliphatic rings. The van der Waals surface area contributed by atoms with Crippen LogP contribution >= 0.6 is 11.6 Å². The molecule has 4 rings (SSSR count). The number of nitrogens with zero attached hydrogens (tertiary/aromatic N) is 3. The Balaban J connectivity index is 1.42. The smallest absolute Gasteiger partial charge is 0.294 e. The SMILES string of the molecule is CN(C)CCCN(C)C1CCC(C(=O)Nc2c(C(=O)Nc3ccc(Cl)cn3)oc3ccccc23)CC1. The third-order valence-electron chi connectivity index (χ3n) is 6.83. The molecule has 2 amide bonds. The van der Waals surface area contributed by atoms with Crippen LogP contribution in [0.25, 0.3) is 11.0 Å². The first-order chi connectivity index (χ1) is 17.3. The van der Waals surface area contributed by atoms with E-state index in [1.165, 1.54) is 6.20 Å². The van der Waals surface area contributed by atoms with Crippen molar-refractivity contribution in [3.63, 3.8) is 0 Å². The van der Waals surface area contributed by atoms with E-state index in [-0.39, 0.29) is 17.6 Å². The quantitative estimate of drug-likeness (QED) is 0.414. The summed E-state index contributed by atoms with van der Waals surface area (Å²) in [6.45, 7) is 2.13. The fourth-order valence-electron chi connectivity index (χ4n) is 4.78. The molecular formula is C27H34ClN5O3. The van der Waals surface area contributed by atoms with Crippen LogP contribution in [0.15, 0.2) is 47.0 Å². The molecule has 0 radical (unpaired) electrons. The van der Waals surface area contributed by atoms with E-state index in [9.17, 15) is 9.59 Å². The van der Waals surface area contributed by atoms with Crippen LogP contribution in [0.3, 0.4) is 0 Å². The first-order valence-corrected chi connectivity index (χ1v) is 12.8. The van der Waals surface area contributed by atoms with E-state index in [0.717, 1.165) is 45.2 Å². The molecule has 0 bridgehead atoms. The van der Waals surface area contributed by atoms with Gasteiger partial charge in [-0.1, -0.05) is 23.7 Å². The molecular weight excluding hydrogens is 478 g/mol. The first-order valence-electron chi connectivity index (χ1n) is 12.4. The number of carbonyl (C=O) groups excluding carboxylic acids is 2. The van der Waals surface area contributed by atoms with Crippen LogP contribution in [0.5, 0.6) is 0 Å². The van der Waals surface area contributed by atoms with E-state index < -0.39 is 5.91 Å². The number of pyridine rings is 1. The van der Waals surface area contributed by atoms with Crippen molar-refractivity contribution < 1.29 is 14.0 Å². The van der Waals surface area contributed by atoms with Crippen molar-refractivity contribution in [1.29, 1.82) is 0 Å². The Morgan fingerprint density at radius 1 is 1.03 bits per heavy atom. The number of benzene rings is 1. The summed E-state index contributed by atoms with van der Waals surface area (Å²) < 4.78 is 5.86. The number of hydrogen-bond acceptors (Lipinski definition) is 6. The molecule has 36 heavy (non-hydrogen) atoms. The summed E-state index contributed by atoms with van der Waals surface area (Å²) in [7, 11) is 6.37. The molecule has 2 heterocycles. The number of amides is 2. The van der Waals surface area contributed by atoms with Gasteiger partial charge in [0, 0.05) is 23.5 Å². The number of carbonyl (C=O) groups is 2. The monoisotopic (exact) mass is 511 g/mol. The van der Waals surface area contributed by atoms with Gasteiger partial charge in [0.2, 0.25) is 11.7 Å². The summed E-state index contributed by atoms with van der Waals surface area (Å²) >= 11 is 5.89. The average molecular weight is 512 g/mol. The first kappa shape index (κ1) is 26.1. The molecule has 0 spiro atoms. The standard InChI is InChI=1S/C27H34ClN5O3/c1-32(2)15-6-16-33(3)20-12-9-18(10-13-20)26(34)31-24-21-7-4-5-8-22(21)36-25(24)27(35)30-23-14-11-19(28)17-29-23/h4-5,7-8,11,14,17-18,20H,6,9-10,12-13,15-16H2,1-3H3,(H,31,34)(H,29,30,35). The van der Waals surface area contributed by atoms with E-state index >= 15 is 0 Å². The second-order valence-electron chi connectivity index (χ2n) is 9.75. The molecule has 1 fully saturated rings. The lowest BCUT2D eigenvalue weighted by Gasteiger charge is -2.34. The lowest BCUT2D eigenvalue weighted by Crippen LogP contribution is -2.38. The van der Waals surface area contributed by atoms with Gasteiger partial charge in [-0.15, -0.1) is 0 Å². The van der Waals surface area contributed by atoms with Gasteiger partial charge in [0.25, 0.3) is 5.91 Å². The Hall–Kier alpha value is -2.94. The maximum absolute atomic E-state index is 13.3. The summed E-state index contributed by atoms with van der Waals surface area (Å²) in [5.74, 6) is -0.266. The Kier molecular flexibility index (Phi) is 8.61. The molecule has 1 aromatic carbocycles. The minimum atomic E-state index is -0.487. The lowest BCUT2D eigenvalue weighted by atomic mass is 9.84. The highest BCUT2D eigenvalue weighted by Crippen LogP contribution is 2.34. The van der Waals surface area contributed by atoms with Crippen molar-refractivity contribution >= 4 is 45.9 Å². The van der Waals surface area contributed by atoms with Crippen LogP contribution < -0.4 is 10.6 Å². The predicted octanol–water partition coefficient (Wildman–Crippen LogP) is 5.11. The van der Waals surface area contributed by atoms with E-state index in [2.05, 4.69) is 46.6 Å². The molecule has 0 unspecified atom stereocenters. The molecule has 2 aromatic heterocycles. The molecule has 8 nitrogen and oxygen atoms in total. The maximum Gasteiger partial charge on any atom is 0.294 e. The third-order valence-corrected chi connectivity index (χ3v) is 7.05. The van der Waals surface area contributed by atoms with E-state index in [0.29, 0.717) is 33.5 Å². The van der Waals surface area contributed by atoms with Gasteiger partial charge in [-0.2, -0.15) is 0 Å². The van der Waals surface area contributed by atoms with Crippen molar-refractivity contribution in [2.45, 2.75) is 38.1 Å². The lowest BCUT2D eigenvalue weighted by molar-refractivity contribution is -0.121. The number of anilines is 2. The zero-order chi connectivity index (χ0) is 25.7. The molecule has 3 aromatic rings. The zero-order valence-corrected chi connectivity index (χ0v) is 21.8. The van der Waals surface area contributed by atoms with Crippen molar-refractivity contribution in [3.8, 4) is 0 Å². The second kappa shape index (κ2) is 11.9. The number of furan rings is 1. The van der Waals surface area contributed by atoms with E-state index in [1.54, 1.807) is 18.2 Å². The van der Waals surface area contributed by atoms with Gasteiger partial charge in [0.1, 0.15) is 17.1 Å². The minimum Gasteiger partial charge on any atom is -0.449 e. The summed E-state index contributed by atoms with van der Waals surface area (Å²) in [4.78, 5) is 35.1. The Labute approximate surface area is 217 Å². The maximum atomic E-state index is 13.3. The highest BCUT2D eigenvalue weighted by atomic mass is 35.5.